The lowest BCUT2D eigenvalue weighted by Crippen LogP contribution is -2.45. The highest BCUT2D eigenvalue weighted by Gasteiger charge is 2.27. The number of aliphatic hydroxyl groups is 1. The number of rotatable bonds is 6. The Balaban J connectivity index is 1.97. The predicted octanol–water partition coefficient (Wildman–Crippen LogP) is 2.78. The molecule has 112 valence electrons. The highest BCUT2D eigenvalue weighted by molar-refractivity contribution is 5.25. The zero-order chi connectivity index (χ0) is 14.4. The lowest BCUT2D eigenvalue weighted by molar-refractivity contribution is -0.0898. The van der Waals surface area contributed by atoms with Crippen molar-refractivity contribution in [3.8, 4) is 0 Å². The minimum atomic E-state index is -0.523. The van der Waals surface area contributed by atoms with E-state index < -0.39 is 6.10 Å². The summed E-state index contributed by atoms with van der Waals surface area (Å²) >= 11 is 0. The Hall–Kier alpha value is -0.900. The van der Waals surface area contributed by atoms with E-state index in [1.54, 1.807) is 0 Å². The molecule has 1 heterocycles. The molecule has 2 unspecified atom stereocenters. The Morgan fingerprint density at radius 3 is 2.65 bits per heavy atom. The van der Waals surface area contributed by atoms with Crippen molar-refractivity contribution in [2.75, 3.05) is 26.2 Å². The molecule has 0 amide bonds. The quantitative estimate of drug-likeness (QED) is 0.868. The Bertz CT molecular complexity index is 388. The van der Waals surface area contributed by atoms with E-state index in [-0.39, 0.29) is 6.10 Å². The summed E-state index contributed by atoms with van der Waals surface area (Å²) in [6, 6.07) is 8.32. The lowest BCUT2D eigenvalue weighted by atomic mass is 10.0. The van der Waals surface area contributed by atoms with E-state index in [0.29, 0.717) is 0 Å². The molecule has 1 fully saturated rings. The van der Waals surface area contributed by atoms with Crippen LogP contribution in [0.3, 0.4) is 0 Å². The van der Waals surface area contributed by atoms with E-state index in [1.165, 1.54) is 5.56 Å². The van der Waals surface area contributed by atoms with Crippen molar-refractivity contribution in [1.82, 2.24) is 4.90 Å². The topological polar surface area (TPSA) is 32.7 Å². The van der Waals surface area contributed by atoms with Crippen molar-refractivity contribution in [3.05, 3.63) is 35.4 Å². The fourth-order valence-electron chi connectivity index (χ4n) is 2.83. The van der Waals surface area contributed by atoms with Crippen LogP contribution >= 0.6 is 0 Å². The van der Waals surface area contributed by atoms with Crippen LogP contribution in [-0.2, 0) is 11.2 Å². The Labute approximate surface area is 122 Å². The van der Waals surface area contributed by atoms with Gasteiger partial charge in [-0.25, -0.2) is 0 Å². The predicted molar refractivity (Wildman–Crippen MR) is 81.9 cm³/mol. The largest absolute Gasteiger partial charge is 0.386 e. The Morgan fingerprint density at radius 1 is 1.25 bits per heavy atom. The van der Waals surface area contributed by atoms with Crippen molar-refractivity contribution >= 4 is 0 Å². The number of aliphatic hydroxyl groups excluding tert-OH is 1. The van der Waals surface area contributed by atoms with E-state index >= 15 is 0 Å². The SMILES string of the molecule is CCCc1ccc(C(O)C2CN(CCC)CCO2)cc1. The third-order valence-electron chi connectivity index (χ3n) is 3.93. The van der Waals surface area contributed by atoms with Gasteiger partial charge in [0.15, 0.2) is 0 Å². The molecular weight excluding hydrogens is 250 g/mol. The fourth-order valence-corrected chi connectivity index (χ4v) is 2.83. The fraction of sp³-hybridized carbons (Fsp3) is 0.647. The zero-order valence-electron chi connectivity index (χ0n) is 12.7. The van der Waals surface area contributed by atoms with Crippen LogP contribution in [0.2, 0.25) is 0 Å². The van der Waals surface area contributed by atoms with Gasteiger partial charge in [-0.1, -0.05) is 44.5 Å². The van der Waals surface area contributed by atoms with Gasteiger partial charge in [0.05, 0.1) is 6.61 Å². The summed E-state index contributed by atoms with van der Waals surface area (Å²) < 4.78 is 5.76. The molecule has 1 aromatic rings. The number of hydrogen-bond acceptors (Lipinski definition) is 3. The second-order valence-electron chi connectivity index (χ2n) is 5.65. The Morgan fingerprint density at radius 2 is 2.00 bits per heavy atom. The number of benzene rings is 1. The van der Waals surface area contributed by atoms with Crippen molar-refractivity contribution in [2.45, 2.75) is 45.3 Å². The van der Waals surface area contributed by atoms with Crippen LogP contribution in [0.4, 0.5) is 0 Å². The van der Waals surface area contributed by atoms with Crippen LogP contribution in [0.1, 0.15) is 43.9 Å². The van der Waals surface area contributed by atoms with Gasteiger partial charge in [0.2, 0.25) is 0 Å². The molecular formula is C17H27NO2. The van der Waals surface area contributed by atoms with Gasteiger partial charge in [0, 0.05) is 13.1 Å². The molecule has 0 aliphatic carbocycles. The van der Waals surface area contributed by atoms with Crippen molar-refractivity contribution in [2.24, 2.45) is 0 Å². The molecule has 3 heteroatoms. The smallest absolute Gasteiger partial charge is 0.106 e. The standard InChI is InChI=1S/C17H27NO2/c1-3-5-14-6-8-15(9-7-14)17(19)16-13-18(10-4-2)11-12-20-16/h6-9,16-17,19H,3-5,10-13H2,1-2H3. The zero-order valence-corrected chi connectivity index (χ0v) is 12.7. The summed E-state index contributed by atoms with van der Waals surface area (Å²) in [4.78, 5) is 2.38. The minimum absolute atomic E-state index is 0.104. The molecule has 0 saturated carbocycles. The van der Waals surface area contributed by atoms with Gasteiger partial charge in [0.1, 0.15) is 12.2 Å². The van der Waals surface area contributed by atoms with Crippen LogP contribution in [0, 0.1) is 0 Å². The molecule has 1 saturated heterocycles. The number of morpholine rings is 1. The van der Waals surface area contributed by atoms with Gasteiger partial charge in [-0.2, -0.15) is 0 Å². The number of aryl methyl sites for hydroxylation is 1. The highest BCUT2D eigenvalue weighted by atomic mass is 16.5. The minimum Gasteiger partial charge on any atom is -0.386 e. The number of hydrogen-bond donors (Lipinski definition) is 1. The molecule has 1 aliphatic rings. The lowest BCUT2D eigenvalue weighted by Gasteiger charge is -2.35. The highest BCUT2D eigenvalue weighted by Crippen LogP contribution is 2.23. The summed E-state index contributed by atoms with van der Waals surface area (Å²) in [7, 11) is 0. The molecule has 1 N–H and O–H groups in total. The van der Waals surface area contributed by atoms with E-state index in [2.05, 4.69) is 30.9 Å². The second kappa shape index (κ2) is 7.77. The molecule has 20 heavy (non-hydrogen) atoms. The van der Waals surface area contributed by atoms with Gasteiger partial charge in [-0.05, 0) is 30.5 Å². The molecule has 3 nitrogen and oxygen atoms in total. The van der Waals surface area contributed by atoms with E-state index in [9.17, 15) is 5.11 Å². The maximum Gasteiger partial charge on any atom is 0.106 e. The monoisotopic (exact) mass is 277 g/mol. The van der Waals surface area contributed by atoms with Gasteiger partial charge in [0.25, 0.3) is 0 Å². The van der Waals surface area contributed by atoms with Crippen LogP contribution in [0.5, 0.6) is 0 Å². The Kier molecular flexibility index (Phi) is 6.02. The molecule has 2 atom stereocenters. The molecule has 0 bridgehead atoms. The first-order chi connectivity index (χ1) is 9.74. The summed E-state index contributed by atoms with van der Waals surface area (Å²) in [5, 5.41) is 10.5. The van der Waals surface area contributed by atoms with Crippen LogP contribution in [0.25, 0.3) is 0 Å². The van der Waals surface area contributed by atoms with Crippen LogP contribution in [-0.4, -0.2) is 42.4 Å². The normalized spacial score (nSPS) is 21.9. The summed E-state index contributed by atoms with van der Waals surface area (Å²) in [5.41, 5.74) is 2.30. The van der Waals surface area contributed by atoms with Gasteiger partial charge >= 0.3 is 0 Å². The maximum absolute atomic E-state index is 10.5. The molecule has 0 radical (unpaired) electrons. The van der Waals surface area contributed by atoms with Crippen molar-refractivity contribution in [3.63, 3.8) is 0 Å². The number of ether oxygens (including phenoxy) is 1. The second-order valence-corrected chi connectivity index (χ2v) is 5.65. The first-order valence-electron chi connectivity index (χ1n) is 7.85. The van der Waals surface area contributed by atoms with Crippen molar-refractivity contribution in [1.29, 1.82) is 0 Å². The first-order valence-corrected chi connectivity index (χ1v) is 7.85. The summed E-state index contributed by atoms with van der Waals surface area (Å²) in [6.45, 7) is 7.98. The van der Waals surface area contributed by atoms with E-state index in [1.807, 2.05) is 12.1 Å². The molecule has 1 aromatic carbocycles. The average Bonchev–Trinajstić information content (AvgIpc) is 2.48. The van der Waals surface area contributed by atoms with Crippen LogP contribution in [0.15, 0.2) is 24.3 Å². The van der Waals surface area contributed by atoms with E-state index in [0.717, 1.165) is 51.1 Å². The molecule has 1 aliphatic heterocycles. The first kappa shape index (κ1) is 15.5. The average molecular weight is 277 g/mol. The molecule has 2 rings (SSSR count). The third kappa shape index (κ3) is 4.05. The maximum atomic E-state index is 10.5. The molecule has 0 aromatic heterocycles. The van der Waals surface area contributed by atoms with Crippen molar-refractivity contribution < 1.29 is 9.84 Å². The van der Waals surface area contributed by atoms with Gasteiger partial charge < -0.3 is 9.84 Å². The van der Waals surface area contributed by atoms with Crippen LogP contribution < -0.4 is 0 Å². The summed E-state index contributed by atoms with van der Waals surface area (Å²) in [5.74, 6) is 0. The number of nitrogens with zero attached hydrogens (tertiary/aromatic N) is 1. The van der Waals surface area contributed by atoms with E-state index in [4.69, 9.17) is 4.74 Å². The van der Waals surface area contributed by atoms with Gasteiger partial charge in [-0.3, -0.25) is 4.90 Å². The van der Waals surface area contributed by atoms with Gasteiger partial charge in [-0.15, -0.1) is 0 Å². The summed E-state index contributed by atoms with van der Waals surface area (Å²) in [6.07, 6.45) is 2.77. The molecule has 0 spiro atoms. The third-order valence-corrected chi connectivity index (χ3v) is 3.93.